The SMILES string of the molecule is CS(=O)(=O)c1ccc(-c2cn3nc(OCC4C=CC=CN4N4C=NOC4)sc3n2)cc1. The highest BCUT2D eigenvalue weighted by Gasteiger charge is 2.23. The van der Waals surface area contributed by atoms with Gasteiger partial charge in [0.2, 0.25) is 11.7 Å². The second-order valence-electron chi connectivity index (χ2n) is 6.92. The van der Waals surface area contributed by atoms with E-state index in [2.05, 4.69) is 15.2 Å². The lowest BCUT2D eigenvalue weighted by atomic mass is 10.2. The van der Waals surface area contributed by atoms with Crippen LogP contribution in [0.2, 0.25) is 0 Å². The number of benzene rings is 1. The topological polar surface area (TPSA) is 102 Å². The first-order valence-electron chi connectivity index (χ1n) is 9.32. The van der Waals surface area contributed by atoms with Gasteiger partial charge in [-0.15, -0.1) is 5.10 Å². The second kappa shape index (κ2) is 7.71. The smallest absolute Gasteiger partial charge is 0.294 e. The molecule has 3 aromatic rings. The molecule has 5 rings (SSSR count). The number of sulfone groups is 1. The van der Waals surface area contributed by atoms with E-state index in [1.54, 1.807) is 41.3 Å². The molecule has 12 heteroatoms. The van der Waals surface area contributed by atoms with Crippen LogP contribution >= 0.6 is 11.3 Å². The van der Waals surface area contributed by atoms with E-state index in [1.807, 2.05) is 34.4 Å². The molecule has 0 radical (unpaired) electrons. The van der Waals surface area contributed by atoms with Crippen molar-refractivity contribution >= 4 is 32.5 Å². The maximum absolute atomic E-state index is 11.6. The Hall–Kier alpha value is -3.38. The molecule has 2 aliphatic heterocycles. The Labute approximate surface area is 182 Å². The highest BCUT2D eigenvalue weighted by Crippen LogP contribution is 2.27. The van der Waals surface area contributed by atoms with E-state index in [9.17, 15) is 8.42 Å². The van der Waals surface area contributed by atoms with E-state index in [0.717, 1.165) is 5.56 Å². The van der Waals surface area contributed by atoms with Crippen LogP contribution in [0.5, 0.6) is 5.19 Å². The molecule has 0 aliphatic carbocycles. The molecular weight excluding hydrogens is 440 g/mol. The van der Waals surface area contributed by atoms with Gasteiger partial charge in [0.1, 0.15) is 12.6 Å². The molecule has 0 bridgehead atoms. The Morgan fingerprint density at radius 1 is 1.26 bits per heavy atom. The van der Waals surface area contributed by atoms with E-state index in [1.165, 1.54) is 17.6 Å². The van der Waals surface area contributed by atoms with Gasteiger partial charge in [0.25, 0.3) is 5.19 Å². The van der Waals surface area contributed by atoms with Crippen molar-refractivity contribution in [1.82, 2.24) is 24.6 Å². The molecule has 4 heterocycles. The van der Waals surface area contributed by atoms with E-state index >= 15 is 0 Å². The second-order valence-corrected chi connectivity index (χ2v) is 9.86. The summed E-state index contributed by atoms with van der Waals surface area (Å²) in [5.74, 6) is 0. The third-order valence-electron chi connectivity index (χ3n) is 4.75. The Kier molecular flexibility index (Phi) is 4.87. The molecule has 0 amide bonds. The fourth-order valence-corrected chi connectivity index (χ4v) is 4.56. The minimum atomic E-state index is -3.23. The summed E-state index contributed by atoms with van der Waals surface area (Å²) in [5, 5.41) is 12.6. The quantitative estimate of drug-likeness (QED) is 0.554. The van der Waals surface area contributed by atoms with Crippen LogP contribution in [0.15, 0.2) is 64.9 Å². The summed E-state index contributed by atoms with van der Waals surface area (Å²) >= 11 is 1.34. The van der Waals surface area contributed by atoms with Gasteiger partial charge in [-0.2, -0.15) is 0 Å². The molecule has 0 saturated carbocycles. The summed E-state index contributed by atoms with van der Waals surface area (Å²) in [7, 11) is -3.23. The van der Waals surface area contributed by atoms with Crippen LogP contribution in [0.1, 0.15) is 0 Å². The molecule has 10 nitrogen and oxygen atoms in total. The number of imidazole rings is 1. The van der Waals surface area contributed by atoms with Crippen molar-refractivity contribution in [2.75, 3.05) is 19.6 Å². The number of hydrogen-bond donors (Lipinski definition) is 0. The van der Waals surface area contributed by atoms with Gasteiger partial charge in [-0.3, -0.25) is 5.01 Å². The predicted molar refractivity (Wildman–Crippen MR) is 115 cm³/mol. The Balaban J connectivity index is 1.28. The number of hydrogen-bond acceptors (Lipinski definition) is 10. The Morgan fingerprint density at radius 3 is 2.81 bits per heavy atom. The van der Waals surface area contributed by atoms with Gasteiger partial charge < -0.3 is 9.57 Å². The predicted octanol–water partition coefficient (Wildman–Crippen LogP) is 2.14. The average Bonchev–Trinajstić information content (AvgIpc) is 3.48. The molecule has 1 unspecified atom stereocenters. The van der Waals surface area contributed by atoms with E-state index < -0.39 is 9.84 Å². The van der Waals surface area contributed by atoms with Crippen molar-refractivity contribution in [1.29, 1.82) is 0 Å². The minimum Gasteiger partial charge on any atom is -0.466 e. The van der Waals surface area contributed by atoms with Gasteiger partial charge in [-0.1, -0.05) is 29.4 Å². The molecule has 1 aromatic carbocycles. The van der Waals surface area contributed by atoms with Crippen LogP contribution in [-0.4, -0.2) is 65.0 Å². The van der Waals surface area contributed by atoms with Crippen LogP contribution in [0, 0.1) is 0 Å². The average molecular weight is 459 g/mol. The molecule has 0 fully saturated rings. The van der Waals surface area contributed by atoms with Crippen LogP contribution in [0.3, 0.4) is 0 Å². The van der Waals surface area contributed by atoms with Gasteiger partial charge >= 0.3 is 0 Å². The maximum atomic E-state index is 11.6. The number of fused-ring (bicyclic) bond motifs is 1. The number of aromatic nitrogens is 3. The first-order valence-corrected chi connectivity index (χ1v) is 12.0. The third-order valence-corrected chi connectivity index (χ3v) is 6.71. The molecule has 0 spiro atoms. The van der Waals surface area contributed by atoms with Crippen LogP contribution < -0.4 is 4.74 Å². The molecule has 0 saturated heterocycles. The summed E-state index contributed by atoms with van der Waals surface area (Å²) in [5.41, 5.74) is 1.53. The van der Waals surface area contributed by atoms with E-state index in [0.29, 0.717) is 29.2 Å². The highest BCUT2D eigenvalue weighted by molar-refractivity contribution is 7.90. The first-order chi connectivity index (χ1) is 15.0. The van der Waals surface area contributed by atoms with Crippen LogP contribution in [0.4, 0.5) is 0 Å². The van der Waals surface area contributed by atoms with Crippen molar-refractivity contribution in [3.63, 3.8) is 0 Å². The van der Waals surface area contributed by atoms with E-state index in [-0.39, 0.29) is 10.9 Å². The van der Waals surface area contributed by atoms with Crippen molar-refractivity contribution in [2.24, 2.45) is 5.16 Å². The molecular formula is C19H18N6O4S2. The van der Waals surface area contributed by atoms with Crippen molar-refractivity contribution in [2.45, 2.75) is 10.9 Å². The first kappa shape index (κ1) is 19.6. The molecule has 0 N–H and O–H groups in total. The molecule has 31 heavy (non-hydrogen) atoms. The number of rotatable bonds is 6. The third kappa shape index (κ3) is 3.99. The highest BCUT2D eigenvalue weighted by atomic mass is 32.2. The number of oxime groups is 1. The number of hydrazine groups is 1. The van der Waals surface area contributed by atoms with E-state index in [4.69, 9.17) is 9.57 Å². The number of allylic oxidation sites excluding steroid dienone is 2. The summed E-state index contributed by atoms with van der Waals surface area (Å²) in [6.07, 6.45) is 12.5. The summed E-state index contributed by atoms with van der Waals surface area (Å²) in [6.45, 7) is 0.745. The number of ether oxygens (including phenoxy) is 1. The lowest BCUT2D eigenvalue weighted by Crippen LogP contribution is -2.46. The maximum Gasteiger partial charge on any atom is 0.294 e. The molecule has 2 aliphatic rings. The van der Waals surface area contributed by atoms with Gasteiger partial charge in [0, 0.05) is 18.0 Å². The van der Waals surface area contributed by atoms with Crippen molar-refractivity contribution < 1.29 is 18.0 Å². The fraction of sp³-hybridized carbons (Fsp3) is 0.211. The zero-order valence-electron chi connectivity index (χ0n) is 16.4. The lowest BCUT2D eigenvalue weighted by Gasteiger charge is -2.34. The number of nitrogens with zero attached hydrogens (tertiary/aromatic N) is 6. The van der Waals surface area contributed by atoms with Gasteiger partial charge in [0.05, 0.1) is 16.8 Å². The van der Waals surface area contributed by atoms with Gasteiger partial charge in [-0.25, -0.2) is 22.9 Å². The summed E-state index contributed by atoms with van der Waals surface area (Å²) in [6, 6.07) is 6.60. The van der Waals surface area contributed by atoms with Crippen molar-refractivity contribution in [3.8, 4) is 16.5 Å². The molecule has 1 atom stereocenters. The minimum absolute atomic E-state index is 0.0294. The molecule has 160 valence electrons. The summed E-state index contributed by atoms with van der Waals surface area (Å²) in [4.78, 5) is 10.6. The lowest BCUT2D eigenvalue weighted by molar-refractivity contribution is -0.0125. The standard InChI is InChI=1S/C19H18N6O4S2/c1-31(26,27)16-7-5-14(6-8-16)17-10-24-18(21-17)30-19(22-24)28-11-15-4-2-3-9-25(15)23-12-20-29-13-23/h2-10,12,15H,11,13H2,1H3. The summed E-state index contributed by atoms with van der Waals surface area (Å²) < 4.78 is 30.8. The Bertz CT molecular complexity index is 1260. The van der Waals surface area contributed by atoms with Crippen LogP contribution in [0.25, 0.3) is 16.2 Å². The zero-order valence-corrected chi connectivity index (χ0v) is 18.0. The van der Waals surface area contributed by atoms with Gasteiger partial charge in [-0.05, 0) is 29.5 Å². The molecule has 2 aromatic heterocycles. The fourth-order valence-electron chi connectivity index (χ4n) is 3.19. The monoisotopic (exact) mass is 458 g/mol. The van der Waals surface area contributed by atoms with Crippen LogP contribution in [-0.2, 0) is 14.7 Å². The normalized spacial score (nSPS) is 18.2. The largest absolute Gasteiger partial charge is 0.466 e. The zero-order chi connectivity index (χ0) is 21.4. The Morgan fingerprint density at radius 2 is 2.10 bits per heavy atom. The van der Waals surface area contributed by atoms with Gasteiger partial charge in [0.15, 0.2) is 16.2 Å². The van der Waals surface area contributed by atoms with Crippen molar-refractivity contribution in [3.05, 3.63) is 54.9 Å².